The maximum atomic E-state index is 13.1. The van der Waals surface area contributed by atoms with Gasteiger partial charge in [0, 0.05) is 23.2 Å². The Morgan fingerprint density at radius 2 is 1.78 bits per heavy atom. The van der Waals surface area contributed by atoms with Gasteiger partial charge in [-0.15, -0.1) is 0 Å². The summed E-state index contributed by atoms with van der Waals surface area (Å²) in [6.07, 6.45) is 2.33. The highest BCUT2D eigenvalue weighted by molar-refractivity contribution is 6.40. The molecule has 3 aromatic rings. The van der Waals surface area contributed by atoms with Crippen molar-refractivity contribution in [1.29, 1.82) is 0 Å². The van der Waals surface area contributed by atoms with Crippen molar-refractivity contribution in [3.8, 4) is 0 Å². The number of fused-ring (bicyclic) bond motifs is 1. The number of nitrogens with one attached hydrogen (secondary N) is 1. The van der Waals surface area contributed by atoms with Gasteiger partial charge in [-0.25, -0.2) is 0 Å². The first kappa shape index (κ1) is 19.5. The first-order valence-electron chi connectivity index (χ1n) is 8.83. The minimum atomic E-state index is -0.280. The summed E-state index contributed by atoms with van der Waals surface area (Å²) >= 11 is 12.4. The number of carbonyl (C=O) groups excluding carboxylic acids is 2. The standard InChI is InChI=1S/C21H20Cl2N2O2/c1-3-4-8-19(26)24-15-9-10-18-14(12-15)11-13(2)25(18)21(27)20-16(22)6-5-7-17(20)23/h5-7,9-12H,3-4,8H2,1-2H3,(H,24,26). The Morgan fingerprint density at radius 1 is 1.07 bits per heavy atom. The molecule has 1 heterocycles. The largest absolute Gasteiger partial charge is 0.326 e. The van der Waals surface area contributed by atoms with E-state index in [1.54, 1.807) is 28.8 Å². The van der Waals surface area contributed by atoms with Crippen LogP contribution in [-0.2, 0) is 4.79 Å². The molecule has 2 aromatic carbocycles. The van der Waals surface area contributed by atoms with E-state index in [1.807, 2.05) is 32.0 Å². The summed E-state index contributed by atoms with van der Waals surface area (Å²) in [5, 5.41) is 4.39. The number of halogens is 2. The van der Waals surface area contributed by atoms with Crippen molar-refractivity contribution >= 4 is 51.6 Å². The fourth-order valence-electron chi connectivity index (χ4n) is 3.08. The first-order valence-corrected chi connectivity index (χ1v) is 9.58. The lowest BCUT2D eigenvalue weighted by Crippen LogP contribution is -2.14. The molecule has 0 bridgehead atoms. The van der Waals surface area contributed by atoms with Crippen molar-refractivity contribution in [2.45, 2.75) is 33.1 Å². The van der Waals surface area contributed by atoms with E-state index in [0.717, 1.165) is 29.4 Å². The quantitative estimate of drug-likeness (QED) is 0.562. The molecule has 0 saturated heterocycles. The van der Waals surface area contributed by atoms with Crippen LogP contribution in [0.1, 0.15) is 42.2 Å². The predicted molar refractivity (Wildman–Crippen MR) is 111 cm³/mol. The molecule has 0 radical (unpaired) electrons. The van der Waals surface area contributed by atoms with Crippen molar-refractivity contribution in [3.05, 3.63) is 63.8 Å². The summed E-state index contributed by atoms with van der Waals surface area (Å²) in [7, 11) is 0. The van der Waals surface area contributed by atoms with E-state index in [0.29, 0.717) is 22.2 Å². The number of hydrogen-bond donors (Lipinski definition) is 1. The second-order valence-corrected chi connectivity index (χ2v) is 7.26. The van der Waals surface area contributed by atoms with E-state index in [1.165, 1.54) is 0 Å². The van der Waals surface area contributed by atoms with Crippen LogP contribution in [0.2, 0.25) is 10.0 Å². The zero-order valence-electron chi connectivity index (χ0n) is 15.2. The third-order valence-corrected chi connectivity index (χ3v) is 5.04. The molecule has 0 spiro atoms. The summed E-state index contributed by atoms with van der Waals surface area (Å²) in [6.45, 7) is 3.90. The van der Waals surface area contributed by atoms with Crippen molar-refractivity contribution in [2.75, 3.05) is 5.32 Å². The van der Waals surface area contributed by atoms with Crippen molar-refractivity contribution in [1.82, 2.24) is 4.57 Å². The minimum absolute atomic E-state index is 0.00807. The molecule has 4 nitrogen and oxygen atoms in total. The molecular weight excluding hydrogens is 383 g/mol. The number of unbranched alkanes of at least 4 members (excludes halogenated alkanes) is 1. The van der Waals surface area contributed by atoms with E-state index in [4.69, 9.17) is 23.2 Å². The van der Waals surface area contributed by atoms with Gasteiger partial charge in [-0.2, -0.15) is 0 Å². The molecule has 140 valence electrons. The number of nitrogens with zero attached hydrogens (tertiary/aromatic N) is 1. The van der Waals surface area contributed by atoms with Gasteiger partial charge >= 0.3 is 0 Å². The molecule has 0 aliphatic heterocycles. The molecular formula is C21H20Cl2N2O2. The Hall–Kier alpha value is -2.30. The van der Waals surface area contributed by atoms with Crippen LogP contribution in [0.4, 0.5) is 5.69 Å². The molecule has 6 heteroatoms. The molecule has 1 N–H and O–H groups in total. The molecule has 27 heavy (non-hydrogen) atoms. The van der Waals surface area contributed by atoms with Gasteiger partial charge in [-0.1, -0.05) is 42.6 Å². The molecule has 0 aliphatic rings. The Kier molecular flexibility index (Phi) is 5.88. The maximum Gasteiger partial charge on any atom is 0.265 e. The normalized spacial score (nSPS) is 11.0. The summed E-state index contributed by atoms with van der Waals surface area (Å²) in [4.78, 5) is 25.0. The third-order valence-electron chi connectivity index (χ3n) is 4.41. The van der Waals surface area contributed by atoms with Crippen molar-refractivity contribution < 1.29 is 9.59 Å². The Bertz CT molecular complexity index is 1000. The van der Waals surface area contributed by atoms with Gasteiger partial charge < -0.3 is 5.32 Å². The zero-order valence-corrected chi connectivity index (χ0v) is 16.7. The first-order chi connectivity index (χ1) is 12.9. The molecule has 0 saturated carbocycles. The van der Waals surface area contributed by atoms with Gasteiger partial charge in [0.25, 0.3) is 5.91 Å². The van der Waals surface area contributed by atoms with Crippen LogP contribution in [0.15, 0.2) is 42.5 Å². The Morgan fingerprint density at radius 3 is 2.44 bits per heavy atom. The fraction of sp³-hybridized carbons (Fsp3) is 0.238. The van der Waals surface area contributed by atoms with Crippen LogP contribution in [-0.4, -0.2) is 16.4 Å². The van der Waals surface area contributed by atoms with Crippen LogP contribution < -0.4 is 5.32 Å². The number of aryl methyl sites for hydroxylation is 1. The van der Waals surface area contributed by atoms with Gasteiger partial charge in [0.2, 0.25) is 5.91 Å². The lowest BCUT2D eigenvalue weighted by molar-refractivity contribution is -0.116. The minimum Gasteiger partial charge on any atom is -0.326 e. The fourth-order valence-corrected chi connectivity index (χ4v) is 3.63. The third kappa shape index (κ3) is 4.02. The lowest BCUT2D eigenvalue weighted by atomic mass is 10.2. The molecule has 0 fully saturated rings. The van der Waals surface area contributed by atoms with Gasteiger partial charge in [0.1, 0.15) is 0 Å². The smallest absolute Gasteiger partial charge is 0.265 e. The number of anilines is 1. The highest BCUT2D eigenvalue weighted by atomic mass is 35.5. The van der Waals surface area contributed by atoms with Crippen LogP contribution >= 0.6 is 23.2 Å². The topological polar surface area (TPSA) is 51.1 Å². The Labute approximate surface area is 168 Å². The van der Waals surface area contributed by atoms with Crippen LogP contribution in [0.5, 0.6) is 0 Å². The van der Waals surface area contributed by atoms with Gasteiger partial charge in [-0.3, -0.25) is 14.2 Å². The van der Waals surface area contributed by atoms with E-state index < -0.39 is 0 Å². The van der Waals surface area contributed by atoms with E-state index >= 15 is 0 Å². The Balaban J connectivity index is 1.97. The number of aromatic nitrogens is 1. The van der Waals surface area contributed by atoms with Gasteiger partial charge in [0.15, 0.2) is 0 Å². The average molecular weight is 403 g/mol. The van der Waals surface area contributed by atoms with Crippen LogP contribution in [0, 0.1) is 6.92 Å². The number of hydrogen-bond acceptors (Lipinski definition) is 2. The molecule has 1 amide bonds. The monoisotopic (exact) mass is 402 g/mol. The summed E-state index contributed by atoms with van der Waals surface area (Å²) in [5.41, 5.74) is 2.49. The summed E-state index contributed by atoms with van der Waals surface area (Å²) in [6, 6.07) is 12.4. The van der Waals surface area contributed by atoms with Gasteiger partial charge in [-0.05, 0) is 49.7 Å². The van der Waals surface area contributed by atoms with Crippen LogP contribution in [0.3, 0.4) is 0 Å². The lowest BCUT2D eigenvalue weighted by Gasteiger charge is -2.10. The molecule has 3 rings (SSSR count). The van der Waals surface area contributed by atoms with Gasteiger partial charge in [0.05, 0.1) is 21.1 Å². The van der Waals surface area contributed by atoms with Crippen LogP contribution in [0.25, 0.3) is 10.9 Å². The molecule has 0 atom stereocenters. The van der Waals surface area contributed by atoms with Crippen molar-refractivity contribution in [2.24, 2.45) is 0 Å². The number of amides is 1. The number of benzene rings is 2. The predicted octanol–water partition coefficient (Wildman–Crippen LogP) is 6.07. The van der Waals surface area contributed by atoms with E-state index in [2.05, 4.69) is 5.32 Å². The molecule has 0 unspecified atom stereocenters. The molecule has 1 aromatic heterocycles. The zero-order chi connectivity index (χ0) is 19.6. The van der Waals surface area contributed by atoms with Crippen molar-refractivity contribution in [3.63, 3.8) is 0 Å². The summed E-state index contributed by atoms with van der Waals surface area (Å²) in [5.74, 6) is -0.288. The SMILES string of the molecule is CCCCC(=O)Nc1ccc2c(c1)cc(C)n2C(=O)c1c(Cl)cccc1Cl. The second-order valence-electron chi connectivity index (χ2n) is 6.45. The van der Waals surface area contributed by atoms with E-state index in [9.17, 15) is 9.59 Å². The highest BCUT2D eigenvalue weighted by Gasteiger charge is 2.20. The van der Waals surface area contributed by atoms with E-state index in [-0.39, 0.29) is 17.4 Å². The maximum absolute atomic E-state index is 13.1. The highest BCUT2D eigenvalue weighted by Crippen LogP contribution is 2.29. The second kappa shape index (κ2) is 8.15. The number of carbonyl (C=O) groups is 2. The number of rotatable bonds is 5. The molecule has 0 aliphatic carbocycles. The average Bonchev–Trinajstić information content (AvgIpc) is 2.94. The summed E-state index contributed by atoms with van der Waals surface area (Å²) < 4.78 is 1.59.